The highest BCUT2D eigenvalue weighted by Gasteiger charge is 2.24. The zero-order valence-corrected chi connectivity index (χ0v) is 35.9. The van der Waals surface area contributed by atoms with Crippen LogP contribution in [0.4, 0.5) is 0 Å². The zero-order valence-electron chi connectivity index (χ0n) is 35.9. The van der Waals surface area contributed by atoms with Crippen molar-refractivity contribution >= 4 is 43.1 Å². The van der Waals surface area contributed by atoms with E-state index >= 15 is 0 Å². The zero-order chi connectivity index (χ0) is 44.7. The number of ether oxygens (including phenoxy) is 2. The molecule has 4 nitrogen and oxygen atoms in total. The van der Waals surface area contributed by atoms with Crippen molar-refractivity contribution in [3.05, 3.63) is 214 Å². The van der Waals surface area contributed by atoms with Gasteiger partial charge in [-0.25, -0.2) is 0 Å². The van der Waals surface area contributed by atoms with Gasteiger partial charge < -0.3 is 19.7 Å². The van der Waals surface area contributed by atoms with Crippen LogP contribution in [0.1, 0.15) is 44.5 Å². The average Bonchev–Trinajstić information content (AvgIpc) is 3.36. The maximum absolute atomic E-state index is 12.4. The topological polar surface area (TPSA) is 58.9 Å². The first-order chi connectivity index (χ1) is 32.5. The van der Waals surface area contributed by atoms with E-state index in [0.717, 1.165) is 54.2 Å². The van der Waals surface area contributed by atoms with E-state index in [9.17, 15) is 10.2 Å². The fourth-order valence-corrected chi connectivity index (χ4v) is 9.07. The molecule has 0 atom stereocenters. The molecule has 1 aliphatic rings. The second-order valence-corrected chi connectivity index (χ2v) is 15.9. The van der Waals surface area contributed by atoms with E-state index in [2.05, 4.69) is 83.8 Å². The molecular weight excluding hydrogens is 809 g/mol. The Hall–Kier alpha value is -9.32. The van der Waals surface area contributed by atoms with Crippen LogP contribution in [0.2, 0.25) is 0 Å². The summed E-state index contributed by atoms with van der Waals surface area (Å²) >= 11 is 0. The third-order valence-electron chi connectivity index (χ3n) is 12.1. The molecule has 0 unspecified atom stereocenters. The first-order valence-electron chi connectivity index (χ1n) is 21.4. The molecule has 0 heterocycles. The predicted octanol–water partition coefficient (Wildman–Crippen LogP) is 13.0. The van der Waals surface area contributed by atoms with Crippen LogP contribution in [0.5, 0.6) is 23.0 Å². The third kappa shape index (κ3) is 6.76. The number of benzene rings is 10. The Labute approximate surface area is 382 Å². The first kappa shape index (κ1) is 39.5. The minimum absolute atomic E-state index is 0.0509. The molecule has 10 aromatic carbocycles. The van der Waals surface area contributed by atoms with E-state index in [1.807, 2.05) is 133 Å². The third-order valence-corrected chi connectivity index (χ3v) is 12.1. The Balaban J connectivity index is 1.26. The number of methoxy groups -OCH3 is 2. The van der Waals surface area contributed by atoms with Crippen molar-refractivity contribution in [3.8, 4) is 92.6 Å². The second-order valence-electron chi connectivity index (χ2n) is 15.9. The second kappa shape index (κ2) is 16.4. The molecule has 0 saturated heterocycles. The molecule has 2 N–H and O–H groups in total. The first-order valence-corrected chi connectivity index (χ1v) is 21.4. The molecule has 11 rings (SSSR count). The monoisotopic (exact) mass is 844 g/mol. The smallest absolute Gasteiger partial charge is 0.143 e. The number of rotatable bonds is 2. The normalized spacial score (nSPS) is 11.3. The van der Waals surface area contributed by atoms with Crippen molar-refractivity contribution in [1.29, 1.82) is 0 Å². The van der Waals surface area contributed by atoms with Gasteiger partial charge in [0.1, 0.15) is 23.0 Å². The summed E-state index contributed by atoms with van der Waals surface area (Å²) in [5.74, 6) is 28.2. The van der Waals surface area contributed by atoms with Crippen LogP contribution in [0, 0.1) is 47.4 Å². The van der Waals surface area contributed by atoms with E-state index in [1.165, 1.54) is 0 Å². The molecule has 0 spiro atoms. The van der Waals surface area contributed by atoms with Gasteiger partial charge in [-0.2, -0.15) is 0 Å². The van der Waals surface area contributed by atoms with Crippen LogP contribution in [0.3, 0.4) is 0 Å². The van der Waals surface area contributed by atoms with Gasteiger partial charge in [0.15, 0.2) is 0 Å². The van der Waals surface area contributed by atoms with E-state index < -0.39 is 0 Å². The van der Waals surface area contributed by atoms with Crippen LogP contribution < -0.4 is 9.47 Å². The summed E-state index contributed by atoms with van der Waals surface area (Å²) in [5, 5.41) is 31.8. The van der Waals surface area contributed by atoms with Crippen molar-refractivity contribution < 1.29 is 19.7 Å². The number of aromatic hydroxyl groups is 2. The summed E-state index contributed by atoms with van der Waals surface area (Å²) < 4.78 is 12.7. The number of phenols is 2. The molecule has 4 heteroatoms. The van der Waals surface area contributed by atoms with Crippen LogP contribution in [0.15, 0.2) is 170 Å². The van der Waals surface area contributed by atoms with Gasteiger partial charge in [-0.15, -0.1) is 0 Å². The van der Waals surface area contributed by atoms with Gasteiger partial charge in [0, 0.05) is 44.5 Å². The molecule has 0 amide bonds. The van der Waals surface area contributed by atoms with Gasteiger partial charge >= 0.3 is 0 Å². The lowest BCUT2D eigenvalue weighted by Gasteiger charge is -2.20. The number of hydrogen-bond acceptors (Lipinski definition) is 4. The van der Waals surface area contributed by atoms with Gasteiger partial charge in [0.05, 0.1) is 36.5 Å². The van der Waals surface area contributed by atoms with E-state index in [4.69, 9.17) is 9.47 Å². The molecule has 308 valence electrons. The molecule has 0 saturated carbocycles. The van der Waals surface area contributed by atoms with Crippen molar-refractivity contribution in [1.82, 2.24) is 0 Å². The highest BCUT2D eigenvalue weighted by Crippen LogP contribution is 2.49. The molecule has 8 bridgehead atoms. The minimum atomic E-state index is -0.0509. The molecule has 66 heavy (non-hydrogen) atoms. The fourth-order valence-electron chi connectivity index (χ4n) is 9.07. The fraction of sp³-hybridized carbons (Fsp3) is 0.0323. The summed E-state index contributed by atoms with van der Waals surface area (Å²) in [7, 11) is 3.35. The van der Waals surface area contributed by atoms with E-state index in [0.29, 0.717) is 67.1 Å². The molecule has 0 radical (unpaired) electrons. The lowest BCUT2D eigenvalue weighted by Crippen LogP contribution is -1.99. The summed E-state index contributed by atoms with van der Waals surface area (Å²) in [6.07, 6.45) is 0. The molecule has 0 aliphatic heterocycles. The van der Waals surface area contributed by atoms with Crippen molar-refractivity contribution in [2.75, 3.05) is 14.2 Å². The lowest BCUT2D eigenvalue weighted by molar-refractivity contribution is 0.410. The van der Waals surface area contributed by atoms with E-state index in [1.54, 1.807) is 14.2 Å². The molecular formula is C62H36O4. The van der Waals surface area contributed by atoms with Gasteiger partial charge in [-0.3, -0.25) is 0 Å². The van der Waals surface area contributed by atoms with Crippen LogP contribution >= 0.6 is 0 Å². The van der Waals surface area contributed by atoms with Crippen molar-refractivity contribution in [2.45, 2.75) is 0 Å². The Morgan fingerprint density at radius 3 is 0.848 bits per heavy atom. The Morgan fingerprint density at radius 1 is 0.288 bits per heavy atom. The summed E-state index contributed by atoms with van der Waals surface area (Å²) in [6, 6.07) is 55.4. The van der Waals surface area contributed by atoms with Crippen LogP contribution in [-0.2, 0) is 0 Å². The summed E-state index contributed by atoms with van der Waals surface area (Å²) in [6.45, 7) is 0. The molecule has 1 aliphatic carbocycles. The van der Waals surface area contributed by atoms with Gasteiger partial charge in [0.25, 0.3) is 0 Å². The Bertz CT molecular complexity index is 3700. The highest BCUT2D eigenvalue weighted by atomic mass is 16.5. The van der Waals surface area contributed by atoms with Crippen LogP contribution in [0.25, 0.3) is 65.3 Å². The van der Waals surface area contributed by atoms with Crippen molar-refractivity contribution in [2.24, 2.45) is 0 Å². The van der Waals surface area contributed by atoms with Gasteiger partial charge in [-0.1, -0.05) is 169 Å². The largest absolute Gasteiger partial charge is 0.506 e. The quantitative estimate of drug-likeness (QED) is 0.170. The summed E-state index contributed by atoms with van der Waals surface area (Å²) in [4.78, 5) is 0. The maximum atomic E-state index is 12.4. The Morgan fingerprint density at radius 2 is 0.530 bits per heavy atom. The van der Waals surface area contributed by atoms with Gasteiger partial charge in [-0.05, 0) is 91.6 Å². The molecule has 0 fully saturated rings. The van der Waals surface area contributed by atoms with Gasteiger partial charge in [0.2, 0.25) is 0 Å². The van der Waals surface area contributed by atoms with Crippen molar-refractivity contribution in [3.63, 3.8) is 0 Å². The minimum Gasteiger partial charge on any atom is -0.506 e. The molecule has 10 aromatic rings. The average molecular weight is 845 g/mol. The number of phenolic OH excluding ortho intramolecular Hbond substituents is 2. The standard InChI is InChI=1S/C62H36O4/c1-65-61-49-33-29-41-17-5-3-15-39(41)27-31-47-35-43-19-7-11-23-51(43)55(59(47)63)56-52-24-12-8-20-44(52)36-48(60(56)64)32-28-40-16-4-6-18-42(40)30-34-50-38-46-22-10-14-26-54(46)58(62(50)66-2)57(61)53-25-13-9-21-45(53)37-49/h3-26,35-38,63-64H,1-2H3. The Kier molecular flexibility index (Phi) is 9.83. The summed E-state index contributed by atoms with van der Waals surface area (Å²) in [5.41, 5.74) is 7.53. The SMILES string of the molecule is COc1c2cc3ccccc3c1-c1c(OC)c(cc3ccccc13)C#Cc1ccccc1C#Cc1cc3ccccc3c(c1O)-c1c(O)c(cc3ccccc13)C#Cc1ccccc1C#C2. The number of hydrogen-bond donors (Lipinski definition) is 2. The van der Waals surface area contributed by atoms with Crippen LogP contribution in [-0.4, -0.2) is 24.4 Å². The molecule has 0 aromatic heterocycles. The number of fused-ring (bicyclic) bond motifs is 20. The maximum Gasteiger partial charge on any atom is 0.143 e. The lowest BCUT2D eigenvalue weighted by atomic mass is 9.88. The van der Waals surface area contributed by atoms with E-state index in [-0.39, 0.29) is 11.5 Å². The predicted molar refractivity (Wildman–Crippen MR) is 267 cm³/mol. The highest BCUT2D eigenvalue weighted by molar-refractivity contribution is 6.13.